The number of esters is 1. The second kappa shape index (κ2) is 4.91. The Bertz CT molecular complexity index is 505. The van der Waals surface area contributed by atoms with Crippen molar-refractivity contribution < 1.29 is 22.7 Å². The molecular formula is C10H5F3INO2. The molecule has 7 heteroatoms. The van der Waals surface area contributed by atoms with Gasteiger partial charge in [-0.15, -0.1) is 0 Å². The number of carbonyl (C=O) groups is 1. The van der Waals surface area contributed by atoms with Gasteiger partial charge in [0.25, 0.3) is 0 Å². The minimum Gasteiger partial charge on any atom is -0.465 e. The molecule has 0 saturated heterocycles. The molecule has 1 rings (SSSR count). The Morgan fingerprint density at radius 2 is 2.06 bits per heavy atom. The van der Waals surface area contributed by atoms with E-state index in [-0.39, 0.29) is 14.7 Å². The van der Waals surface area contributed by atoms with Crippen molar-refractivity contribution in [2.24, 2.45) is 0 Å². The summed E-state index contributed by atoms with van der Waals surface area (Å²) in [6.45, 7) is 0. The van der Waals surface area contributed by atoms with Gasteiger partial charge in [-0.2, -0.15) is 18.4 Å². The first kappa shape index (κ1) is 13.8. The van der Waals surface area contributed by atoms with Crippen LogP contribution in [0.2, 0.25) is 0 Å². The standard InChI is InChI=1S/C10H5F3INO2/c1-17-9(16)6-3-8(14)7(10(11,12)13)2-5(6)4-15/h2-3H,1H3. The van der Waals surface area contributed by atoms with E-state index in [1.54, 1.807) is 6.07 Å². The van der Waals surface area contributed by atoms with E-state index >= 15 is 0 Å². The third-order valence-electron chi connectivity index (χ3n) is 1.94. The van der Waals surface area contributed by atoms with Gasteiger partial charge in [0.15, 0.2) is 0 Å². The van der Waals surface area contributed by atoms with Crippen LogP contribution in [-0.2, 0) is 10.9 Å². The van der Waals surface area contributed by atoms with Crippen LogP contribution in [-0.4, -0.2) is 13.1 Å². The third-order valence-corrected chi connectivity index (χ3v) is 2.83. The summed E-state index contributed by atoms with van der Waals surface area (Å²) in [6.07, 6.45) is -4.56. The summed E-state index contributed by atoms with van der Waals surface area (Å²) in [7, 11) is 1.09. The average molecular weight is 355 g/mol. The second-order valence-electron chi connectivity index (χ2n) is 2.98. The average Bonchev–Trinajstić information content (AvgIpc) is 2.26. The molecule has 17 heavy (non-hydrogen) atoms. The summed E-state index contributed by atoms with van der Waals surface area (Å²) >= 11 is 1.46. The predicted molar refractivity (Wildman–Crippen MR) is 60.2 cm³/mol. The predicted octanol–water partition coefficient (Wildman–Crippen LogP) is 2.97. The van der Waals surface area contributed by atoms with Gasteiger partial charge in [-0.3, -0.25) is 0 Å². The molecule has 0 aliphatic heterocycles. The van der Waals surface area contributed by atoms with Crippen LogP contribution < -0.4 is 0 Å². The fourth-order valence-electron chi connectivity index (χ4n) is 1.16. The molecule has 3 nitrogen and oxygen atoms in total. The molecule has 90 valence electrons. The topological polar surface area (TPSA) is 50.1 Å². The summed E-state index contributed by atoms with van der Waals surface area (Å²) in [4.78, 5) is 11.2. The lowest BCUT2D eigenvalue weighted by molar-refractivity contribution is -0.138. The van der Waals surface area contributed by atoms with Gasteiger partial charge < -0.3 is 4.74 Å². The first-order valence-corrected chi connectivity index (χ1v) is 5.28. The molecular weight excluding hydrogens is 350 g/mol. The number of hydrogen-bond acceptors (Lipinski definition) is 3. The van der Waals surface area contributed by atoms with Gasteiger partial charge in [-0.1, -0.05) is 0 Å². The number of ether oxygens (including phenoxy) is 1. The van der Waals surface area contributed by atoms with Crippen LogP contribution in [0.4, 0.5) is 13.2 Å². The van der Waals surface area contributed by atoms with Crippen molar-refractivity contribution in [1.82, 2.24) is 0 Å². The van der Waals surface area contributed by atoms with Crippen LogP contribution in [0.25, 0.3) is 0 Å². The number of alkyl halides is 3. The third kappa shape index (κ3) is 2.88. The van der Waals surface area contributed by atoms with Crippen LogP contribution in [0.1, 0.15) is 21.5 Å². The lowest BCUT2D eigenvalue weighted by atomic mass is 10.0. The summed E-state index contributed by atoms with van der Waals surface area (Å²) in [5.41, 5.74) is -1.47. The lowest BCUT2D eigenvalue weighted by Crippen LogP contribution is -2.12. The van der Waals surface area contributed by atoms with Crippen LogP contribution in [0.5, 0.6) is 0 Å². The highest BCUT2D eigenvalue weighted by atomic mass is 127. The fraction of sp³-hybridized carbons (Fsp3) is 0.200. The number of benzene rings is 1. The number of halogens is 4. The van der Waals surface area contributed by atoms with Crippen molar-refractivity contribution >= 4 is 28.6 Å². The maximum Gasteiger partial charge on any atom is 0.417 e. The fourth-order valence-corrected chi connectivity index (χ4v) is 1.93. The van der Waals surface area contributed by atoms with Crippen molar-refractivity contribution in [2.75, 3.05) is 7.11 Å². The maximum absolute atomic E-state index is 12.5. The molecule has 0 aliphatic rings. The van der Waals surface area contributed by atoms with E-state index in [0.29, 0.717) is 6.07 Å². The van der Waals surface area contributed by atoms with E-state index in [1.165, 1.54) is 22.6 Å². The Hall–Kier alpha value is -1.30. The van der Waals surface area contributed by atoms with E-state index in [0.717, 1.165) is 13.2 Å². The SMILES string of the molecule is COC(=O)c1cc(I)c(C(F)(F)F)cc1C#N. The summed E-state index contributed by atoms with van der Waals surface area (Å²) < 4.78 is 41.9. The zero-order valence-electron chi connectivity index (χ0n) is 8.43. The minimum absolute atomic E-state index is 0.158. The zero-order valence-corrected chi connectivity index (χ0v) is 10.6. The van der Waals surface area contributed by atoms with E-state index in [4.69, 9.17) is 5.26 Å². The highest BCUT2D eigenvalue weighted by Crippen LogP contribution is 2.34. The van der Waals surface area contributed by atoms with Crippen LogP contribution in [0, 0.1) is 14.9 Å². The Balaban J connectivity index is 3.47. The molecule has 0 aliphatic carbocycles. The Morgan fingerprint density at radius 1 is 1.47 bits per heavy atom. The van der Waals surface area contributed by atoms with E-state index < -0.39 is 17.7 Å². The molecule has 0 bridgehead atoms. The van der Waals surface area contributed by atoms with Gasteiger partial charge in [-0.05, 0) is 34.7 Å². The summed E-state index contributed by atoms with van der Waals surface area (Å²) in [5.74, 6) is -0.840. The minimum atomic E-state index is -4.56. The van der Waals surface area contributed by atoms with Crippen molar-refractivity contribution in [1.29, 1.82) is 5.26 Å². The normalized spacial score (nSPS) is 10.8. The zero-order chi connectivity index (χ0) is 13.2. The van der Waals surface area contributed by atoms with Crippen LogP contribution >= 0.6 is 22.6 Å². The summed E-state index contributed by atoms with van der Waals surface area (Å²) in [6, 6.07) is 3.19. The molecule has 0 aromatic heterocycles. The number of nitriles is 1. The molecule has 1 aromatic carbocycles. The molecule has 0 saturated carbocycles. The van der Waals surface area contributed by atoms with Crippen molar-refractivity contribution in [3.8, 4) is 6.07 Å². The molecule has 0 N–H and O–H groups in total. The second-order valence-corrected chi connectivity index (χ2v) is 4.14. The smallest absolute Gasteiger partial charge is 0.417 e. The molecule has 0 radical (unpaired) electrons. The highest BCUT2D eigenvalue weighted by molar-refractivity contribution is 14.1. The van der Waals surface area contributed by atoms with Gasteiger partial charge in [0.2, 0.25) is 0 Å². The monoisotopic (exact) mass is 355 g/mol. The van der Waals surface area contributed by atoms with E-state index in [2.05, 4.69) is 4.74 Å². The molecule has 0 heterocycles. The molecule has 0 unspecified atom stereocenters. The van der Waals surface area contributed by atoms with Crippen molar-refractivity contribution in [2.45, 2.75) is 6.18 Å². The van der Waals surface area contributed by atoms with Crippen molar-refractivity contribution in [3.63, 3.8) is 0 Å². The summed E-state index contributed by atoms with van der Waals surface area (Å²) in [5, 5.41) is 8.72. The molecule has 0 fully saturated rings. The lowest BCUT2D eigenvalue weighted by Gasteiger charge is -2.11. The Labute approximate surface area is 108 Å². The van der Waals surface area contributed by atoms with Gasteiger partial charge in [0.05, 0.1) is 23.8 Å². The van der Waals surface area contributed by atoms with Gasteiger partial charge in [0.1, 0.15) is 6.07 Å². The van der Waals surface area contributed by atoms with Crippen molar-refractivity contribution in [3.05, 3.63) is 32.4 Å². The Kier molecular flexibility index (Phi) is 3.98. The first-order chi connectivity index (χ1) is 7.81. The van der Waals surface area contributed by atoms with E-state index in [1.807, 2.05) is 0 Å². The van der Waals surface area contributed by atoms with E-state index in [9.17, 15) is 18.0 Å². The maximum atomic E-state index is 12.5. The number of nitrogens with zero attached hydrogens (tertiary/aromatic N) is 1. The number of carbonyl (C=O) groups excluding carboxylic acids is 1. The molecule has 0 spiro atoms. The van der Waals surface area contributed by atoms with Gasteiger partial charge in [0, 0.05) is 3.57 Å². The Morgan fingerprint density at radius 3 is 2.47 bits per heavy atom. The molecule has 0 atom stereocenters. The van der Waals surface area contributed by atoms with Crippen LogP contribution in [0.15, 0.2) is 12.1 Å². The van der Waals surface area contributed by atoms with Crippen LogP contribution in [0.3, 0.4) is 0 Å². The van der Waals surface area contributed by atoms with Gasteiger partial charge >= 0.3 is 12.1 Å². The molecule has 0 amide bonds. The first-order valence-electron chi connectivity index (χ1n) is 4.20. The highest BCUT2D eigenvalue weighted by Gasteiger charge is 2.34. The van der Waals surface area contributed by atoms with Gasteiger partial charge in [-0.25, -0.2) is 4.79 Å². The number of methoxy groups -OCH3 is 1. The number of rotatable bonds is 1. The number of hydrogen-bond donors (Lipinski definition) is 0. The molecule has 1 aromatic rings. The quantitative estimate of drug-likeness (QED) is 0.575. The largest absolute Gasteiger partial charge is 0.465 e.